The van der Waals surface area contributed by atoms with Crippen LogP contribution in [0.5, 0.6) is 0 Å². The quantitative estimate of drug-likeness (QED) is 0.382. The molecule has 1 heterocycles. The van der Waals surface area contributed by atoms with E-state index in [0.29, 0.717) is 0 Å². The second-order valence-electron chi connectivity index (χ2n) is 3.21. The molecule has 16 heavy (non-hydrogen) atoms. The molecule has 86 valence electrons. The largest absolute Gasteiger partial charge is 0.390 e. The summed E-state index contributed by atoms with van der Waals surface area (Å²) in [5, 5.41) is 22.4. The van der Waals surface area contributed by atoms with Crippen LogP contribution in [0.3, 0.4) is 0 Å². The summed E-state index contributed by atoms with van der Waals surface area (Å²) in [6.07, 6.45) is -0.877. The minimum atomic E-state index is -1.28. The predicted molar refractivity (Wildman–Crippen MR) is 56.7 cm³/mol. The number of nitrogens with one attached hydrogen (secondary N) is 1. The number of aromatic amines is 1. The molecule has 0 fully saturated rings. The summed E-state index contributed by atoms with van der Waals surface area (Å²) >= 11 is 0. The van der Waals surface area contributed by atoms with E-state index in [1.54, 1.807) is 6.07 Å². The van der Waals surface area contributed by atoms with Crippen molar-refractivity contribution in [2.45, 2.75) is 18.6 Å². The zero-order chi connectivity index (χ0) is 12.0. The number of hydrogen-bond acceptors (Lipinski definition) is 4. The Bertz CT molecular complexity index is 438. The van der Waals surface area contributed by atoms with E-state index >= 15 is 0 Å². The molecule has 0 aliphatic heterocycles. The molecule has 7 nitrogen and oxygen atoms in total. The fourth-order valence-corrected chi connectivity index (χ4v) is 1.27. The van der Waals surface area contributed by atoms with Crippen LogP contribution >= 0.6 is 0 Å². The minimum Gasteiger partial charge on any atom is -0.390 e. The van der Waals surface area contributed by atoms with Crippen LogP contribution < -0.4 is 5.56 Å². The first kappa shape index (κ1) is 12.3. The van der Waals surface area contributed by atoms with Crippen LogP contribution in [-0.4, -0.2) is 27.8 Å². The van der Waals surface area contributed by atoms with E-state index in [1.807, 2.05) is 0 Å². The monoisotopic (exact) mass is 224 g/mol. The van der Waals surface area contributed by atoms with Crippen LogP contribution in [0.25, 0.3) is 10.4 Å². The van der Waals surface area contributed by atoms with Crippen molar-refractivity contribution in [1.82, 2.24) is 4.98 Å². The Labute approximate surface area is 91.0 Å². The number of H-pyrrole nitrogens is 1. The highest BCUT2D eigenvalue weighted by molar-refractivity contribution is 5.13. The van der Waals surface area contributed by atoms with Crippen LogP contribution in [0.15, 0.2) is 28.2 Å². The summed E-state index contributed by atoms with van der Waals surface area (Å²) in [6.45, 7) is 0.0689. The molecule has 1 aromatic heterocycles. The zero-order valence-corrected chi connectivity index (χ0v) is 8.45. The van der Waals surface area contributed by atoms with Crippen molar-refractivity contribution in [3.05, 3.63) is 44.7 Å². The van der Waals surface area contributed by atoms with Crippen molar-refractivity contribution < 1.29 is 10.2 Å². The maximum Gasteiger partial charge on any atom is 0.253 e. The van der Waals surface area contributed by atoms with Gasteiger partial charge in [-0.05, 0) is 24.1 Å². The molecule has 0 bridgehead atoms. The van der Waals surface area contributed by atoms with E-state index < -0.39 is 17.8 Å². The molecular weight excluding hydrogens is 212 g/mol. The van der Waals surface area contributed by atoms with Crippen molar-refractivity contribution in [3.63, 3.8) is 0 Å². The van der Waals surface area contributed by atoms with Crippen LogP contribution in [0.4, 0.5) is 0 Å². The average Bonchev–Trinajstić information content (AvgIpc) is 2.29. The maximum atomic E-state index is 11.3. The van der Waals surface area contributed by atoms with Gasteiger partial charge in [0.1, 0.15) is 6.10 Å². The van der Waals surface area contributed by atoms with Crippen molar-refractivity contribution in [3.8, 4) is 0 Å². The fraction of sp³-hybridized carbons (Fsp3) is 0.444. The van der Waals surface area contributed by atoms with E-state index in [0.717, 1.165) is 0 Å². The van der Waals surface area contributed by atoms with E-state index in [-0.39, 0.29) is 18.5 Å². The lowest BCUT2D eigenvalue weighted by Crippen LogP contribution is -2.25. The van der Waals surface area contributed by atoms with Gasteiger partial charge in [0.05, 0.1) is 6.10 Å². The minimum absolute atomic E-state index is 0.0689. The topological polar surface area (TPSA) is 122 Å². The highest BCUT2D eigenvalue weighted by atomic mass is 16.3. The molecule has 0 saturated heterocycles. The van der Waals surface area contributed by atoms with Gasteiger partial charge in [-0.3, -0.25) is 4.79 Å². The van der Waals surface area contributed by atoms with Crippen molar-refractivity contribution in [1.29, 1.82) is 0 Å². The van der Waals surface area contributed by atoms with E-state index in [2.05, 4.69) is 15.0 Å². The molecule has 0 aromatic carbocycles. The molecule has 1 aromatic rings. The van der Waals surface area contributed by atoms with Gasteiger partial charge in [-0.1, -0.05) is 5.11 Å². The van der Waals surface area contributed by atoms with Crippen molar-refractivity contribution in [2.75, 3.05) is 6.54 Å². The summed E-state index contributed by atoms with van der Waals surface area (Å²) in [6, 6.07) is 2.99. The SMILES string of the molecule is [N-]=[N+]=NCCC(O)C(O)c1ccc[nH]c1=O. The molecule has 0 aliphatic rings. The molecule has 0 spiro atoms. The van der Waals surface area contributed by atoms with Gasteiger partial charge in [-0.15, -0.1) is 0 Å². The lowest BCUT2D eigenvalue weighted by molar-refractivity contribution is 0.0142. The van der Waals surface area contributed by atoms with Crippen LogP contribution in [0, 0.1) is 0 Å². The van der Waals surface area contributed by atoms with E-state index in [4.69, 9.17) is 5.53 Å². The number of rotatable bonds is 5. The fourth-order valence-electron chi connectivity index (χ4n) is 1.27. The lowest BCUT2D eigenvalue weighted by atomic mass is 10.0. The number of pyridine rings is 1. The first-order chi connectivity index (χ1) is 7.66. The van der Waals surface area contributed by atoms with Gasteiger partial charge in [0.2, 0.25) is 0 Å². The first-order valence-corrected chi connectivity index (χ1v) is 4.71. The van der Waals surface area contributed by atoms with Gasteiger partial charge in [-0.25, -0.2) is 0 Å². The molecule has 2 atom stereocenters. The third-order valence-corrected chi connectivity index (χ3v) is 2.12. The molecule has 0 radical (unpaired) electrons. The number of azide groups is 1. The third-order valence-electron chi connectivity index (χ3n) is 2.12. The van der Waals surface area contributed by atoms with Gasteiger partial charge >= 0.3 is 0 Å². The van der Waals surface area contributed by atoms with Gasteiger partial charge < -0.3 is 15.2 Å². The molecule has 0 amide bonds. The Hall–Kier alpha value is -1.82. The Kier molecular flexibility index (Phi) is 4.53. The highest BCUT2D eigenvalue weighted by Gasteiger charge is 2.19. The smallest absolute Gasteiger partial charge is 0.253 e. The maximum absolute atomic E-state index is 11.3. The summed E-state index contributed by atoms with van der Waals surface area (Å²) in [4.78, 5) is 16.2. The van der Waals surface area contributed by atoms with Crippen molar-refractivity contribution >= 4 is 0 Å². The molecule has 0 saturated carbocycles. The van der Waals surface area contributed by atoms with Crippen LogP contribution in [0.2, 0.25) is 0 Å². The van der Waals surface area contributed by atoms with Gasteiger partial charge in [0.15, 0.2) is 0 Å². The summed E-state index contributed by atoms with van der Waals surface area (Å²) < 4.78 is 0. The molecule has 3 N–H and O–H groups in total. The zero-order valence-electron chi connectivity index (χ0n) is 8.45. The number of nitrogens with zero attached hydrogens (tertiary/aromatic N) is 3. The lowest BCUT2D eigenvalue weighted by Gasteiger charge is -2.16. The highest BCUT2D eigenvalue weighted by Crippen LogP contribution is 2.14. The van der Waals surface area contributed by atoms with E-state index in [9.17, 15) is 15.0 Å². The third kappa shape index (κ3) is 3.09. The second-order valence-corrected chi connectivity index (χ2v) is 3.21. The van der Waals surface area contributed by atoms with Crippen LogP contribution in [-0.2, 0) is 0 Å². The van der Waals surface area contributed by atoms with Gasteiger partial charge in [0.25, 0.3) is 5.56 Å². The van der Waals surface area contributed by atoms with Crippen LogP contribution in [0.1, 0.15) is 18.1 Å². The number of aliphatic hydroxyl groups is 2. The second kappa shape index (κ2) is 5.92. The van der Waals surface area contributed by atoms with Crippen molar-refractivity contribution in [2.24, 2.45) is 5.11 Å². The standard InChI is InChI=1S/C9H12N4O3/c10-13-12-5-3-7(14)8(15)6-2-1-4-11-9(6)16/h1-2,4,7-8,14-15H,3,5H2,(H,11,16). The molecule has 0 aliphatic carbocycles. The number of aliphatic hydroxyl groups excluding tert-OH is 2. The van der Waals surface area contributed by atoms with E-state index in [1.165, 1.54) is 12.3 Å². The normalized spacial score (nSPS) is 13.9. The first-order valence-electron chi connectivity index (χ1n) is 4.71. The average molecular weight is 224 g/mol. The molecule has 1 rings (SSSR count). The number of aromatic nitrogens is 1. The summed E-state index contributed by atoms with van der Waals surface area (Å²) in [5.41, 5.74) is 7.69. The Balaban J connectivity index is 2.70. The molecule has 2 unspecified atom stereocenters. The Morgan fingerprint density at radius 3 is 2.94 bits per heavy atom. The van der Waals surface area contributed by atoms with Gasteiger partial charge in [-0.2, -0.15) is 0 Å². The molecule has 7 heteroatoms. The van der Waals surface area contributed by atoms with Gasteiger partial charge in [0, 0.05) is 23.2 Å². The Morgan fingerprint density at radius 2 is 2.31 bits per heavy atom. The number of hydrogen-bond donors (Lipinski definition) is 3. The summed E-state index contributed by atoms with van der Waals surface area (Å²) in [5.74, 6) is 0. The Morgan fingerprint density at radius 1 is 1.56 bits per heavy atom. The predicted octanol–water partition coefficient (Wildman–Crippen LogP) is 0.470. The summed E-state index contributed by atoms with van der Waals surface area (Å²) in [7, 11) is 0. The molecular formula is C9H12N4O3.